The molecule has 2 heterocycles. The molecule has 8 nitrogen and oxygen atoms in total. The Bertz CT molecular complexity index is 1130. The molecule has 5 rings (SSSR count). The van der Waals surface area contributed by atoms with Crippen molar-refractivity contribution in [1.82, 2.24) is 15.3 Å². The van der Waals surface area contributed by atoms with Gasteiger partial charge in [-0.1, -0.05) is 48.5 Å². The lowest BCUT2D eigenvalue weighted by molar-refractivity contribution is -0.164. The molecule has 1 aliphatic carbocycles. The second-order valence-corrected chi connectivity index (χ2v) is 8.34. The van der Waals surface area contributed by atoms with Crippen molar-refractivity contribution in [2.45, 2.75) is 12.0 Å². The van der Waals surface area contributed by atoms with Gasteiger partial charge in [0.25, 0.3) is 0 Å². The lowest BCUT2D eigenvalue weighted by Gasteiger charge is -2.26. The number of aliphatic hydroxyl groups is 1. The van der Waals surface area contributed by atoms with E-state index < -0.39 is 17.5 Å². The Hall–Kier alpha value is -3.62. The molecule has 0 saturated carbocycles. The number of hydrogen-bond donors (Lipinski definition) is 3. The van der Waals surface area contributed by atoms with Crippen LogP contribution >= 0.6 is 0 Å². The summed E-state index contributed by atoms with van der Waals surface area (Å²) in [4.78, 5) is 34.3. The molecule has 168 valence electrons. The average molecular weight is 444 g/mol. The predicted octanol–water partition coefficient (Wildman–Crippen LogP) is 2.10. The zero-order valence-corrected chi connectivity index (χ0v) is 17.9. The molecule has 1 unspecified atom stereocenters. The van der Waals surface area contributed by atoms with Gasteiger partial charge in [-0.15, -0.1) is 0 Å². The maximum atomic E-state index is 13.4. The summed E-state index contributed by atoms with van der Waals surface area (Å²) in [5, 5.41) is 17.6. The molecule has 3 aromatic rings. The molecular weight excluding hydrogens is 420 g/mol. The number of ether oxygens (including phenoxy) is 1. The van der Waals surface area contributed by atoms with Gasteiger partial charge in [-0.2, -0.15) is 0 Å². The second-order valence-electron chi connectivity index (χ2n) is 8.34. The molecule has 2 aliphatic rings. The molecule has 2 atom stereocenters. The fourth-order valence-electron chi connectivity index (χ4n) is 4.73. The highest BCUT2D eigenvalue weighted by atomic mass is 16.5. The minimum Gasteiger partial charge on any atom is -0.462 e. The van der Waals surface area contributed by atoms with Crippen molar-refractivity contribution in [3.63, 3.8) is 0 Å². The Balaban J connectivity index is 1.38. The van der Waals surface area contributed by atoms with Crippen LogP contribution in [0.3, 0.4) is 0 Å². The van der Waals surface area contributed by atoms with Gasteiger partial charge < -0.3 is 20.5 Å². The first kappa shape index (κ1) is 21.2. The van der Waals surface area contributed by atoms with E-state index in [9.17, 15) is 14.7 Å². The number of anilines is 1. The first-order chi connectivity index (χ1) is 16.1. The highest BCUT2D eigenvalue weighted by Gasteiger charge is 2.49. The van der Waals surface area contributed by atoms with E-state index in [1.54, 1.807) is 36.5 Å². The summed E-state index contributed by atoms with van der Waals surface area (Å²) in [6.45, 7) is 1.30. The maximum absolute atomic E-state index is 13.4. The number of aromatic nitrogens is 2. The first-order valence-electron chi connectivity index (χ1n) is 11.0. The molecule has 1 amide bonds. The van der Waals surface area contributed by atoms with Crippen LogP contribution in [0.5, 0.6) is 0 Å². The quantitative estimate of drug-likeness (QED) is 0.499. The van der Waals surface area contributed by atoms with Crippen LogP contribution in [-0.2, 0) is 19.9 Å². The van der Waals surface area contributed by atoms with Crippen LogP contribution in [0.2, 0.25) is 0 Å². The number of benzene rings is 2. The summed E-state index contributed by atoms with van der Waals surface area (Å²) in [5.41, 5.74) is 0.645. The van der Waals surface area contributed by atoms with Crippen molar-refractivity contribution in [2.75, 3.05) is 25.0 Å². The molecule has 1 fully saturated rings. The number of carbonyl (C=O) groups excluding carboxylic acids is 2. The Morgan fingerprint density at radius 1 is 1.12 bits per heavy atom. The zero-order chi connectivity index (χ0) is 22.8. The van der Waals surface area contributed by atoms with Crippen molar-refractivity contribution in [3.05, 3.63) is 78.2 Å². The van der Waals surface area contributed by atoms with Gasteiger partial charge in [0.1, 0.15) is 18.8 Å². The van der Waals surface area contributed by atoms with E-state index in [4.69, 9.17) is 4.74 Å². The van der Waals surface area contributed by atoms with E-state index in [1.165, 1.54) is 6.33 Å². The van der Waals surface area contributed by atoms with Crippen molar-refractivity contribution in [2.24, 2.45) is 11.8 Å². The van der Waals surface area contributed by atoms with Gasteiger partial charge in [0.2, 0.25) is 11.5 Å². The third-order valence-corrected chi connectivity index (χ3v) is 6.45. The summed E-state index contributed by atoms with van der Waals surface area (Å²) in [6, 6.07) is 16.1. The van der Waals surface area contributed by atoms with Crippen LogP contribution < -0.4 is 10.6 Å². The number of rotatable bonds is 6. The van der Waals surface area contributed by atoms with E-state index in [0.29, 0.717) is 23.5 Å². The van der Waals surface area contributed by atoms with Gasteiger partial charge in [0, 0.05) is 17.3 Å². The number of nitrogens with one attached hydrogen (secondary N) is 2. The monoisotopic (exact) mass is 444 g/mol. The van der Waals surface area contributed by atoms with Crippen molar-refractivity contribution < 1.29 is 19.4 Å². The van der Waals surface area contributed by atoms with Crippen molar-refractivity contribution >= 4 is 17.7 Å². The van der Waals surface area contributed by atoms with Crippen molar-refractivity contribution in [1.29, 1.82) is 0 Å². The highest BCUT2D eigenvalue weighted by molar-refractivity contribution is 5.96. The number of nitrogens with zero attached hydrogens (tertiary/aromatic N) is 2. The van der Waals surface area contributed by atoms with Crippen LogP contribution in [0.4, 0.5) is 5.82 Å². The predicted molar refractivity (Wildman–Crippen MR) is 121 cm³/mol. The van der Waals surface area contributed by atoms with Crippen LogP contribution in [0.1, 0.15) is 17.5 Å². The third-order valence-electron chi connectivity index (χ3n) is 6.45. The standard InChI is InChI=1S/C25H24N4O4/c30-23(29-22-10-12-27-15-28-22)19(16-9-11-26-13-16)14-33-24(31)25(32)20-7-3-1-5-17(20)18-6-2-4-8-21(18)25/h1-8,10,12,15-16,19,26,32H,9,11,13-14H2,(H,27,28,29,30)/t16-,19?/m0/s1. The fourth-order valence-corrected chi connectivity index (χ4v) is 4.73. The molecule has 1 aromatic heterocycles. The number of fused-ring (bicyclic) bond motifs is 3. The minimum atomic E-state index is -1.92. The molecule has 3 N–H and O–H groups in total. The topological polar surface area (TPSA) is 113 Å². The molecule has 1 aliphatic heterocycles. The van der Waals surface area contributed by atoms with E-state index in [1.807, 2.05) is 24.3 Å². The minimum absolute atomic E-state index is 0.00238. The average Bonchev–Trinajstić information content (AvgIpc) is 3.47. The number of carbonyl (C=O) groups is 2. The number of amides is 1. The molecule has 0 spiro atoms. The summed E-state index contributed by atoms with van der Waals surface area (Å²) in [5.74, 6) is -1.28. The third kappa shape index (κ3) is 3.77. The summed E-state index contributed by atoms with van der Waals surface area (Å²) < 4.78 is 5.67. The zero-order valence-electron chi connectivity index (χ0n) is 17.9. The summed E-state index contributed by atoms with van der Waals surface area (Å²) >= 11 is 0. The number of hydrogen-bond acceptors (Lipinski definition) is 7. The normalized spacial score (nSPS) is 18.8. The maximum Gasteiger partial charge on any atom is 0.347 e. The summed E-state index contributed by atoms with van der Waals surface area (Å²) in [7, 11) is 0. The van der Waals surface area contributed by atoms with Crippen LogP contribution in [0.15, 0.2) is 67.1 Å². The highest BCUT2D eigenvalue weighted by Crippen LogP contribution is 2.47. The Kier molecular flexibility index (Phi) is 5.62. The van der Waals surface area contributed by atoms with E-state index in [-0.39, 0.29) is 18.4 Å². The molecule has 1 saturated heterocycles. The van der Waals surface area contributed by atoms with Gasteiger partial charge in [0.15, 0.2) is 0 Å². The largest absolute Gasteiger partial charge is 0.462 e. The van der Waals surface area contributed by atoms with Crippen LogP contribution in [0.25, 0.3) is 11.1 Å². The van der Waals surface area contributed by atoms with E-state index in [0.717, 1.165) is 24.1 Å². The Labute approximate surface area is 191 Å². The second kappa shape index (κ2) is 8.73. The molecule has 0 radical (unpaired) electrons. The van der Waals surface area contributed by atoms with E-state index in [2.05, 4.69) is 20.6 Å². The van der Waals surface area contributed by atoms with Crippen LogP contribution in [-0.4, -0.2) is 46.6 Å². The molecule has 0 bridgehead atoms. The van der Waals surface area contributed by atoms with Gasteiger partial charge >= 0.3 is 5.97 Å². The first-order valence-corrected chi connectivity index (χ1v) is 11.0. The molecule has 33 heavy (non-hydrogen) atoms. The smallest absolute Gasteiger partial charge is 0.347 e. The summed E-state index contributed by atoms with van der Waals surface area (Å²) in [6.07, 6.45) is 3.68. The number of esters is 1. The molecular formula is C25H24N4O4. The molecule has 8 heteroatoms. The van der Waals surface area contributed by atoms with Gasteiger partial charge in [-0.25, -0.2) is 14.8 Å². The lowest BCUT2D eigenvalue weighted by Crippen LogP contribution is -2.40. The lowest BCUT2D eigenvalue weighted by atomic mass is 9.90. The van der Waals surface area contributed by atoms with Crippen LogP contribution in [0, 0.1) is 11.8 Å². The SMILES string of the molecule is O=C(Nc1ccncn1)C(COC(=O)C1(O)c2ccccc2-c2ccccc21)[C@H]1CCNC1. The Morgan fingerprint density at radius 2 is 1.82 bits per heavy atom. The fraction of sp³-hybridized carbons (Fsp3) is 0.280. The van der Waals surface area contributed by atoms with Gasteiger partial charge in [-0.3, -0.25) is 4.79 Å². The van der Waals surface area contributed by atoms with Gasteiger partial charge in [0.05, 0.1) is 5.92 Å². The Morgan fingerprint density at radius 3 is 2.42 bits per heavy atom. The molecule has 2 aromatic carbocycles. The van der Waals surface area contributed by atoms with Gasteiger partial charge in [-0.05, 0) is 42.6 Å². The van der Waals surface area contributed by atoms with Crippen molar-refractivity contribution in [3.8, 4) is 11.1 Å². The van der Waals surface area contributed by atoms with E-state index >= 15 is 0 Å².